The van der Waals surface area contributed by atoms with E-state index in [9.17, 15) is 14.0 Å². The topological polar surface area (TPSA) is 81.9 Å². The fourth-order valence-electron chi connectivity index (χ4n) is 2.87. The van der Waals surface area contributed by atoms with Crippen molar-refractivity contribution in [2.24, 2.45) is 5.92 Å². The summed E-state index contributed by atoms with van der Waals surface area (Å²) in [6, 6.07) is 6.95. The highest BCUT2D eigenvalue weighted by molar-refractivity contribution is 7.17. The van der Waals surface area contributed by atoms with E-state index in [4.69, 9.17) is 9.47 Å². The van der Waals surface area contributed by atoms with Crippen LogP contribution in [-0.2, 0) is 11.3 Å². The maximum atomic E-state index is 13.0. The number of fused-ring (bicyclic) bond motifs is 1. The predicted molar refractivity (Wildman–Crippen MR) is 101 cm³/mol. The molecule has 3 aromatic rings. The number of benzene rings is 1. The Morgan fingerprint density at radius 2 is 2.14 bits per heavy atom. The van der Waals surface area contributed by atoms with Crippen molar-refractivity contribution < 1.29 is 18.7 Å². The number of ether oxygens (including phenoxy) is 2. The van der Waals surface area contributed by atoms with Crippen LogP contribution < -0.4 is 15.6 Å². The smallest absolute Gasteiger partial charge is 0.269 e. The van der Waals surface area contributed by atoms with Crippen LogP contribution in [0.1, 0.15) is 21.1 Å². The maximum absolute atomic E-state index is 13.0. The quantitative estimate of drug-likeness (QED) is 0.682. The van der Waals surface area contributed by atoms with Gasteiger partial charge >= 0.3 is 0 Å². The van der Waals surface area contributed by atoms with Crippen molar-refractivity contribution in [3.05, 3.63) is 62.8 Å². The third kappa shape index (κ3) is 3.76. The van der Waals surface area contributed by atoms with E-state index in [1.54, 1.807) is 6.92 Å². The molecule has 0 saturated carbocycles. The van der Waals surface area contributed by atoms with Crippen molar-refractivity contribution in [1.29, 1.82) is 0 Å². The minimum atomic E-state index is -0.352. The molecule has 1 aliphatic heterocycles. The molecule has 0 bridgehead atoms. The first kappa shape index (κ1) is 18.6. The molecule has 1 aliphatic rings. The summed E-state index contributed by atoms with van der Waals surface area (Å²) in [5.74, 6) is 0.148. The predicted octanol–water partition coefficient (Wildman–Crippen LogP) is 2.16. The second kappa shape index (κ2) is 7.69. The van der Waals surface area contributed by atoms with Gasteiger partial charge in [0, 0.05) is 23.4 Å². The number of rotatable bonds is 6. The van der Waals surface area contributed by atoms with Gasteiger partial charge in [0.2, 0.25) is 0 Å². The van der Waals surface area contributed by atoms with E-state index in [0.29, 0.717) is 52.7 Å². The van der Waals surface area contributed by atoms with Gasteiger partial charge in [0.15, 0.2) is 4.96 Å². The Hall–Kier alpha value is -2.78. The van der Waals surface area contributed by atoms with E-state index in [1.165, 1.54) is 46.1 Å². The monoisotopic (exact) mass is 403 g/mol. The van der Waals surface area contributed by atoms with Crippen LogP contribution in [0.15, 0.2) is 35.1 Å². The highest BCUT2D eigenvalue weighted by atomic mass is 32.1. The van der Waals surface area contributed by atoms with E-state index in [1.807, 2.05) is 0 Å². The number of amides is 1. The van der Waals surface area contributed by atoms with Gasteiger partial charge < -0.3 is 14.8 Å². The number of carbonyl (C=O) groups is 1. The molecule has 0 atom stereocenters. The Morgan fingerprint density at radius 1 is 1.39 bits per heavy atom. The van der Waals surface area contributed by atoms with Gasteiger partial charge in [0.05, 0.1) is 18.9 Å². The van der Waals surface area contributed by atoms with Gasteiger partial charge in [-0.25, -0.2) is 13.8 Å². The van der Waals surface area contributed by atoms with Crippen LogP contribution in [-0.4, -0.2) is 35.1 Å². The number of nitrogens with zero attached hydrogens (tertiary/aromatic N) is 2. The van der Waals surface area contributed by atoms with Gasteiger partial charge in [-0.15, -0.1) is 11.3 Å². The molecule has 1 N–H and O–H groups in total. The highest BCUT2D eigenvalue weighted by Gasteiger charge is 2.23. The lowest BCUT2D eigenvalue weighted by Crippen LogP contribution is -2.40. The molecule has 28 heavy (non-hydrogen) atoms. The lowest BCUT2D eigenvalue weighted by Gasteiger charge is -2.25. The SMILES string of the molecule is Cc1sc2nc(COc3ccc(F)cc3)cc(=O)n2c1C(=O)NCC1COC1. The molecule has 3 heterocycles. The number of hydrogen-bond acceptors (Lipinski definition) is 6. The minimum Gasteiger partial charge on any atom is -0.487 e. The van der Waals surface area contributed by atoms with Crippen LogP contribution in [0, 0.1) is 18.7 Å². The summed E-state index contributed by atoms with van der Waals surface area (Å²) in [6.07, 6.45) is 0. The average molecular weight is 403 g/mol. The molecule has 146 valence electrons. The molecule has 0 unspecified atom stereocenters. The fourth-order valence-corrected chi connectivity index (χ4v) is 3.86. The van der Waals surface area contributed by atoms with Gasteiger partial charge in [-0.1, -0.05) is 0 Å². The van der Waals surface area contributed by atoms with Crippen LogP contribution in [0.5, 0.6) is 5.75 Å². The number of aromatic nitrogens is 2. The lowest BCUT2D eigenvalue weighted by atomic mass is 10.1. The van der Waals surface area contributed by atoms with Gasteiger partial charge in [-0.3, -0.25) is 9.59 Å². The van der Waals surface area contributed by atoms with E-state index in [0.717, 1.165) is 0 Å². The van der Waals surface area contributed by atoms with E-state index in [2.05, 4.69) is 10.3 Å². The summed E-state index contributed by atoms with van der Waals surface area (Å²) in [5, 5.41) is 2.86. The van der Waals surface area contributed by atoms with Crippen LogP contribution in [0.3, 0.4) is 0 Å². The summed E-state index contributed by atoms with van der Waals surface area (Å²) < 4.78 is 24.9. The first-order valence-corrected chi connectivity index (χ1v) is 9.59. The molecule has 2 aromatic heterocycles. The van der Waals surface area contributed by atoms with Crippen LogP contribution in [0.2, 0.25) is 0 Å². The summed E-state index contributed by atoms with van der Waals surface area (Å²) in [6.45, 7) is 3.65. The van der Waals surface area contributed by atoms with Gasteiger partial charge in [-0.05, 0) is 31.2 Å². The highest BCUT2D eigenvalue weighted by Crippen LogP contribution is 2.21. The third-order valence-corrected chi connectivity index (χ3v) is 5.37. The van der Waals surface area contributed by atoms with Crippen molar-refractivity contribution in [1.82, 2.24) is 14.7 Å². The Labute approximate surface area is 163 Å². The molecule has 1 fully saturated rings. The molecule has 0 spiro atoms. The fraction of sp³-hybridized carbons (Fsp3) is 0.316. The van der Waals surface area contributed by atoms with Crippen molar-refractivity contribution in [2.75, 3.05) is 19.8 Å². The molecular formula is C19H18FN3O4S. The maximum Gasteiger partial charge on any atom is 0.269 e. The number of hydrogen-bond donors (Lipinski definition) is 1. The summed E-state index contributed by atoms with van der Waals surface area (Å²) in [4.78, 5) is 30.8. The normalized spacial score (nSPS) is 14.1. The second-order valence-corrected chi connectivity index (χ2v) is 7.75. The number of carbonyl (C=O) groups excluding carboxylic acids is 1. The Balaban J connectivity index is 1.54. The Morgan fingerprint density at radius 3 is 2.82 bits per heavy atom. The Kier molecular flexibility index (Phi) is 5.10. The molecule has 1 aromatic carbocycles. The molecule has 0 radical (unpaired) electrons. The summed E-state index contributed by atoms with van der Waals surface area (Å²) >= 11 is 1.27. The number of halogens is 1. The van der Waals surface area contributed by atoms with E-state index >= 15 is 0 Å². The average Bonchev–Trinajstić information content (AvgIpc) is 2.96. The first-order valence-electron chi connectivity index (χ1n) is 8.77. The van der Waals surface area contributed by atoms with Crippen molar-refractivity contribution in [3.8, 4) is 5.75 Å². The molecule has 7 nitrogen and oxygen atoms in total. The van der Waals surface area contributed by atoms with E-state index in [-0.39, 0.29) is 23.9 Å². The molecule has 1 amide bonds. The zero-order chi connectivity index (χ0) is 19.7. The molecule has 1 saturated heterocycles. The van der Waals surface area contributed by atoms with Crippen LogP contribution in [0.4, 0.5) is 4.39 Å². The molecule has 4 rings (SSSR count). The largest absolute Gasteiger partial charge is 0.487 e. The van der Waals surface area contributed by atoms with Crippen molar-refractivity contribution in [3.63, 3.8) is 0 Å². The first-order chi connectivity index (χ1) is 13.5. The van der Waals surface area contributed by atoms with E-state index < -0.39 is 0 Å². The zero-order valence-corrected chi connectivity index (χ0v) is 15.9. The summed E-state index contributed by atoms with van der Waals surface area (Å²) in [5.41, 5.74) is 0.405. The molecular weight excluding hydrogens is 385 g/mol. The zero-order valence-electron chi connectivity index (χ0n) is 15.1. The molecule has 9 heteroatoms. The minimum absolute atomic E-state index is 0.0670. The van der Waals surface area contributed by atoms with Crippen molar-refractivity contribution >= 4 is 22.2 Å². The summed E-state index contributed by atoms with van der Waals surface area (Å²) in [7, 11) is 0. The van der Waals surface area contributed by atoms with Gasteiger partial charge in [0.1, 0.15) is 23.9 Å². The van der Waals surface area contributed by atoms with Crippen molar-refractivity contribution in [2.45, 2.75) is 13.5 Å². The number of thiazole rings is 1. The third-order valence-electron chi connectivity index (χ3n) is 4.42. The van der Waals surface area contributed by atoms with Crippen LogP contribution >= 0.6 is 11.3 Å². The number of aryl methyl sites for hydroxylation is 1. The van der Waals surface area contributed by atoms with Crippen LogP contribution in [0.25, 0.3) is 4.96 Å². The second-order valence-electron chi connectivity index (χ2n) is 6.57. The van der Waals surface area contributed by atoms with Gasteiger partial charge in [0.25, 0.3) is 11.5 Å². The van der Waals surface area contributed by atoms with Gasteiger partial charge in [-0.2, -0.15) is 0 Å². The Bertz CT molecular complexity index is 1070. The number of nitrogens with one attached hydrogen (secondary N) is 1. The lowest BCUT2D eigenvalue weighted by molar-refractivity contribution is -0.0299. The standard InChI is InChI=1S/C19H18FN3O4S/c1-11-17(18(25)21-7-12-8-26-9-12)23-16(24)6-14(22-19(23)28-11)10-27-15-4-2-13(20)3-5-15/h2-6,12H,7-10H2,1H3,(H,21,25). The molecule has 0 aliphatic carbocycles.